The average Bonchev–Trinajstić information content (AvgIpc) is 1.85. The van der Waals surface area contributed by atoms with Crippen molar-refractivity contribution in [3.8, 4) is 0 Å². The van der Waals surface area contributed by atoms with Crippen LogP contribution in [0, 0.1) is 6.07 Å². The Morgan fingerprint density at radius 2 is 2.00 bits per heavy atom. The summed E-state index contributed by atoms with van der Waals surface area (Å²) in [5.74, 6) is 0.437. The Morgan fingerprint density at radius 1 is 1.36 bits per heavy atom. The molecule has 4 N–H and O–H groups in total. The zero-order chi connectivity index (χ0) is 8.43. The molecule has 0 bridgehead atoms. The molecule has 1 rings (SSSR count). The smallest absolute Gasteiger partial charge is 0.0415 e. The normalized spacial score (nSPS) is 10.5. The highest BCUT2D eigenvalue weighted by Gasteiger charge is 2.02. The van der Waals surface area contributed by atoms with Crippen LogP contribution >= 0.6 is 0 Å². The summed E-state index contributed by atoms with van der Waals surface area (Å²) < 4.78 is 0. The zero-order valence-corrected chi connectivity index (χ0v) is 6.89. The molecule has 0 fully saturated rings. The van der Waals surface area contributed by atoms with Gasteiger partial charge in [-0.2, -0.15) is 0 Å². The molecule has 0 saturated carbocycles. The first-order chi connectivity index (χ1) is 5.11. The van der Waals surface area contributed by atoms with Crippen molar-refractivity contribution in [3.05, 3.63) is 23.8 Å². The van der Waals surface area contributed by atoms with Crippen LogP contribution in [0.2, 0.25) is 0 Å². The summed E-state index contributed by atoms with van der Waals surface area (Å²) in [5.41, 5.74) is 13.7. The molecule has 59 valence electrons. The first kappa shape index (κ1) is 7.92. The van der Waals surface area contributed by atoms with Gasteiger partial charge in [0.2, 0.25) is 0 Å². The second-order valence-corrected chi connectivity index (χ2v) is 2.95. The Balaban J connectivity index is 3.09. The maximum atomic E-state index is 5.72. The largest absolute Gasteiger partial charge is 0.398 e. The van der Waals surface area contributed by atoms with E-state index in [1.165, 1.54) is 0 Å². The van der Waals surface area contributed by atoms with Crippen molar-refractivity contribution in [1.82, 2.24) is 0 Å². The fourth-order valence-electron chi connectivity index (χ4n) is 1.04. The average molecular weight is 149 g/mol. The lowest BCUT2D eigenvalue weighted by Crippen LogP contribution is -1.97. The van der Waals surface area contributed by atoms with E-state index in [0.29, 0.717) is 11.6 Å². The van der Waals surface area contributed by atoms with Crippen LogP contribution in [0.4, 0.5) is 11.4 Å². The molecule has 0 unspecified atom stereocenters. The summed E-state index contributed by atoms with van der Waals surface area (Å²) >= 11 is 0. The third kappa shape index (κ3) is 1.64. The standard InChI is InChI=1S/C9H13N2/c1-6(2)8-4-3-7(10)5-9(8)11/h4-6H,10-11H2,1-2H3. The van der Waals surface area contributed by atoms with Gasteiger partial charge in [0.25, 0.3) is 0 Å². The van der Waals surface area contributed by atoms with Crippen molar-refractivity contribution >= 4 is 11.4 Å². The molecule has 11 heavy (non-hydrogen) atoms. The first-order valence-electron chi connectivity index (χ1n) is 3.68. The maximum absolute atomic E-state index is 5.72. The molecule has 1 radical (unpaired) electrons. The summed E-state index contributed by atoms with van der Waals surface area (Å²) in [6.07, 6.45) is 0. The Morgan fingerprint density at radius 3 is 2.45 bits per heavy atom. The second-order valence-electron chi connectivity index (χ2n) is 2.95. The van der Waals surface area contributed by atoms with E-state index in [1.54, 1.807) is 6.07 Å². The van der Waals surface area contributed by atoms with Gasteiger partial charge in [-0.3, -0.25) is 0 Å². The molecule has 2 nitrogen and oxygen atoms in total. The highest BCUT2D eigenvalue weighted by atomic mass is 14.6. The molecule has 0 spiro atoms. The summed E-state index contributed by atoms with van der Waals surface area (Å²) in [7, 11) is 0. The molecular weight excluding hydrogens is 136 g/mol. The molecule has 0 aliphatic carbocycles. The van der Waals surface area contributed by atoms with Gasteiger partial charge in [-0.25, -0.2) is 0 Å². The number of benzene rings is 1. The summed E-state index contributed by atoms with van der Waals surface area (Å²) in [4.78, 5) is 0. The number of hydrogen-bond acceptors (Lipinski definition) is 2. The zero-order valence-electron chi connectivity index (χ0n) is 6.89. The van der Waals surface area contributed by atoms with Crippen molar-refractivity contribution in [2.24, 2.45) is 0 Å². The number of anilines is 2. The molecule has 1 aromatic rings. The monoisotopic (exact) mass is 149 g/mol. The predicted octanol–water partition coefficient (Wildman–Crippen LogP) is 1.77. The van der Waals surface area contributed by atoms with Crippen LogP contribution in [-0.4, -0.2) is 0 Å². The Bertz CT molecular complexity index is 254. The highest BCUT2D eigenvalue weighted by molar-refractivity contribution is 5.56. The summed E-state index contributed by atoms with van der Waals surface area (Å²) in [6.45, 7) is 4.19. The number of hydrogen-bond donors (Lipinski definition) is 2. The quantitative estimate of drug-likeness (QED) is 0.598. The van der Waals surface area contributed by atoms with Gasteiger partial charge in [0.05, 0.1) is 0 Å². The molecule has 0 aromatic heterocycles. The lowest BCUT2D eigenvalue weighted by molar-refractivity contribution is 0.870. The summed E-state index contributed by atoms with van der Waals surface area (Å²) in [6, 6.07) is 6.52. The Hall–Kier alpha value is -1.18. The van der Waals surface area contributed by atoms with Crippen LogP contribution < -0.4 is 11.5 Å². The lowest BCUT2D eigenvalue weighted by atomic mass is 10.0. The molecule has 1 aromatic carbocycles. The lowest BCUT2D eigenvalue weighted by Gasteiger charge is -2.08. The molecule has 0 aliphatic rings. The third-order valence-electron chi connectivity index (χ3n) is 1.66. The number of rotatable bonds is 1. The minimum Gasteiger partial charge on any atom is -0.398 e. The van der Waals surface area contributed by atoms with Gasteiger partial charge in [0.1, 0.15) is 0 Å². The predicted molar refractivity (Wildman–Crippen MR) is 48.2 cm³/mol. The van der Waals surface area contributed by atoms with Crippen molar-refractivity contribution < 1.29 is 0 Å². The second kappa shape index (κ2) is 2.82. The Kier molecular flexibility index (Phi) is 2.03. The molecule has 0 saturated heterocycles. The number of nitrogen functional groups attached to an aromatic ring is 2. The fraction of sp³-hybridized carbons (Fsp3) is 0.333. The molecule has 0 aliphatic heterocycles. The van der Waals surface area contributed by atoms with E-state index in [4.69, 9.17) is 11.5 Å². The van der Waals surface area contributed by atoms with Gasteiger partial charge in [0, 0.05) is 17.4 Å². The molecule has 0 amide bonds. The van der Waals surface area contributed by atoms with E-state index in [-0.39, 0.29) is 0 Å². The van der Waals surface area contributed by atoms with Gasteiger partial charge in [-0.15, -0.1) is 0 Å². The van der Waals surface area contributed by atoms with Gasteiger partial charge in [-0.1, -0.05) is 13.8 Å². The van der Waals surface area contributed by atoms with Crippen molar-refractivity contribution in [1.29, 1.82) is 0 Å². The van der Waals surface area contributed by atoms with Crippen molar-refractivity contribution in [3.63, 3.8) is 0 Å². The van der Waals surface area contributed by atoms with E-state index in [2.05, 4.69) is 19.9 Å². The number of nitrogens with two attached hydrogens (primary N) is 2. The van der Waals surface area contributed by atoms with Gasteiger partial charge < -0.3 is 11.5 Å². The first-order valence-corrected chi connectivity index (χ1v) is 3.68. The van der Waals surface area contributed by atoms with Crippen LogP contribution in [0.5, 0.6) is 0 Å². The van der Waals surface area contributed by atoms with E-state index < -0.39 is 0 Å². The van der Waals surface area contributed by atoms with Crippen LogP contribution in [-0.2, 0) is 0 Å². The molecule has 2 heteroatoms. The van der Waals surface area contributed by atoms with E-state index in [0.717, 1.165) is 11.3 Å². The fourth-order valence-corrected chi connectivity index (χ4v) is 1.04. The Labute approximate surface area is 67.2 Å². The topological polar surface area (TPSA) is 52.0 Å². The maximum Gasteiger partial charge on any atom is 0.0415 e. The minimum atomic E-state index is 0.437. The molecular formula is C9H13N2. The van der Waals surface area contributed by atoms with Crippen LogP contribution in [0.1, 0.15) is 25.3 Å². The SMILES string of the molecule is CC(C)c1c[c]c(N)cc1N. The van der Waals surface area contributed by atoms with E-state index in [9.17, 15) is 0 Å². The van der Waals surface area contributed by atoms with Crippen LogP contribution in [0.15, 0.2) is 12.1 Å². The van der Waals surface area contributed by atoms with Crippen LogP contribution in [0.25, 0.3) is 0 Å². The van der Waals surface area contributed by atoms with Gasteiger partial charge in [0.15, 0.2) is 0 Å². The molecule has 0 heterocycles. The molecule has 0 atom stereocenters. The van der Waals surface area contributed by atoms with Crippen LogP contribution in [0.3, 0.4) is 0 Å². The van der Waals surface area contributed by atoms with Crippen molar-refractivity contribution in [2.45, 2.75) is 19.8 Å². The summed E-state index contributed by atoms with van der Waals surface area (Å²) in [5, 5.41) is 0. The van der Waals surface area contributed by atoms with Gasteiger partial charge in [-0.05, 0) is 23.6 Å². The minimum absolute atomic E-state index is 0.437. The highest BCUT2D eigenvalue weighted by Crippen LogP contribution is 2.22. The van der Waals surface area contributed by atoms with Crippen molar-refractivity contribution in [2.75, 3.05) is 11.5 Å². The van der Waals surface area contributed by atoms with E-state index >= 15 is 0 Å². The van der Waals surface area contributed by atoms with E-state index in [1.807, 2.05) is 6.07 Å². The third-order valence-corrected chi connectivity index (χ3v) is 1.66. The van der Waals surface area contributed by atoms with Gasteiger partial charge >= 0.3 is 0 Å².